The van der Waals surface area contributed by atoms with Gasteiger partial charge < -0.3 is 10.2 Å². The third kappa shape index (κ3) is 3.60. The highest BCUT2D eigenvalue weighted by molar-refractivity contribution is 6.31. The van der Waals surface area contributed by atoms with Gasteiger partial charge in [-0.05, 0) is 42.7 Å². The Bertz CT molecular complexity index is 789. The van der Waals surface area contributed by atoms with Crippen LogP contribution in [-0.4, -0.2) is 18.4 Å². The van der Waals surface area contributed by atoms with Crippen molar-refractivity contribution in [3.8, 4) is 0 Å². The minimum absolute atomic E-state index is 0.134. The van der Waals surface area contributed by atoms with Gasteiger partial charge in [-0.1, -0.05) is 35.9 Å². The Kier molecular flexibility index (Phi) is 4.86. The average molecular weight is 343 g/mol. The summed E-state index contributed by atoms with van der Waals surface area (Å²) in [6.45, 7) is 2.70. The monoisotopic (exact) mass is 342 g/mol. The first-order chi connectivity index (χ1) is 11.5. The molecule has 1 aliphatic rings. The topological polar surface area (TPSA) is 49.4 Å². The number of rotatable bonds is 4. The van der Waals surface area contributed by atoms with E-state index in [0.29, 0.717) is 17.1 Å². The van der Waals surface area contributed by atoms with E-state index in [4.69, 9.17) is 11.6 Å². The highest BCUT2D eigenvalue weighted by atomic mass is 35.5. The molecule has 1 heterocycles. The number of hydrogen-bond acceptors (Lipinski definition) is 2. The number of aryl methyl sites for hydroxylation is 1. The summed E-state index contributed by atoms with van der Waals surface area (Å²) in [6, 6.07) is 12.9. The van der Waals surface area contributed by atoms with E-state index in [1.807, 2.05) is 43.3 Å². The number of amides is 2. The van der Waals surface area contributed by atoms with Crippen LogP contribution in [0.1, 0.15) is 24.0 Å². The predicted octanol–water partition coefficient (Wildman–Crippen LogP) is 3.96. The number of carbonyl (C=O) groups excluding carboxylic acids is 2. The SMILES string of the molecule is Cc1ccc(NC(=O)Cc2ccccc2Cl)cc1N1CCCC1=O. The number of hydrogen-bond donors (Lipinski definition) is 1. The summed E-state index contributed by atoms with van der Waals surface area (Å²) >= 11 is 6.10. The van der Waals surface area contributed by atoms with Gasteiger partial charge in [-0.2, -0.15) is 0 Å². The van der Waals surface area contributed by atoms with Gasteiger partial charge in [0.2, 0.25) is 11.8 Å². The van der Waals surface area contributed by atoms with E-state index < -0.39 is 0 Å². The number of nitrogens with one attached hydrogen (secondary N) is 1. The van der Waals surface area contributed by atoms with Gasteiger partial charge in [0.25, 0.3) is 0 Å². The fourth-order valence-electron chi connectivity index (χ4n) is 2.90. The van der Waals surface area contributed by atoms with Gasteiger partial charge in [0, 0.05) is 29.4 Å². The Morgan fingerprint density at radius 1 is 1.25 bits per heavy atom. The molecule has 0 unspecified atom stereocenters. The van der Waals surface area contributed by atoms with Gasteiger partial charge in [-0.15, -0.1) is 0 Å². The lowest BCUT2D eigenvalue weighted by molar-refractivity contribution is -0.117. The lowest BCUT2D eigenvalue weighted by Gasteiger charge is -2.19. The molecular weight excluding hydrogens is 324 g/mol. The minimum atomic E-state index is -0.134. The molecule has 2 aromatic rings. The molecule has 0 spiro atoms. The van der Waals surface area contributed by atoms with Crippen LogP contribution in [0.4, 0.5) is 11.4 Å². The van der Waals surface area contributed by atoms with Crippen molar-refractivity contribution in [2.24, 2.45) is 0 Å². The van der Waals surface area contributed by atoms with Crippen LogP contribution in [-0.2, 0) is 16.0 Å². The lowest BCUT2D eigenvalue weighted by Crippen LogP contribution is -2.24. The van der Waals surface area contributed by atoms with Crippen molar-refractivity contribution in [3.63, 3.8) is 0 Å². The van der Waals surface area contributed by atoms with Gasteiger partial charge in [0.05, 0.1) is 6.42 Å². The predicted molar refractivity (Wildman–Crippen MR) is 96.6 cm³/mol. The Morgan fingerprint density at radius 2 is 2.04 bits per heavy atom. The summed E-state index contributed by atoms with van der Waals surface area (Å²) in [5.41, 5.74) is 3.37. The van der Waals surface area contributed by atoms with Crippen LogP contribution in [0.3, 0.4) is 0 Å². The van der Waals surface area contributed by atoms with Crippen molar-refractivity contribution in [1.29, 1.82) is 0 Å². The van der Waals surface area contributed by atoms with Crippen LogP contribution in [0, 0.1) is 6.92 Å². The molecule has 0 radical (unpaired) electrons. The molecule has 124 valence electrons. The number of anilines is 2. The van der Waals surface area contributed by atoms with E-state index in [9.17, 15) is 9.59 Å². The second-order valence-electron chi connectivity index (χ2n) is 5.97. The minimum Gasteiger partial charge on any atom is -0.326 e. The normalized spacial score (nSPS) is 14.1. The van der Waals surface area contributed by atoms with E-state index in [2.05, 4.69) is 5.32 Å². The zero-order chi connectivity index (χ0) is 17.1. The number of benzene rings is 2. The van der Waals surface area contributed by atoms with Gasteiger partial charge in [0.15, 0.2) is 0 Å². The third-order valence-electron chi connectivity index (χ3n) is 4.17. The molecule has 1 fully saturated rings. The summed E-state index contributed by atoms with van der Waals surface area (Å²) in [5, 5.41) is 3.47. The Labute approximate surface area is 146 Å². The molecule has 24 heavy (non-hydrogen) atoms. The summed E-state index contributed by atoms with van der Waals surface area (Å²) < 4.78 is 0. The molecule has 1 aliphatic heterocycles. The molecule has 0 aliphatic carbocycles. The molecule has 0 saturated carbocycles. The van der Waals surface area contributed by atoms with Crippen molar-refractivity contribution in [3.05, 3.63) is 58.6 Å². The largest absolute Gasteiger partial charge is 0.326 e. The molecule has 0 bridgehead atoms. The quantitative estimate of drug-likeness (QED) is 0.914. The van der Waals surface area contributed by atoms with Crippen molar-refractivity contribution in [1.82, 2.24) is 0 Å². The molecule has 1 N–H and O–H groups in total. The van der Waals surface area contributed by atoms with E-state index in [1.54, 1.807) is 11.0 Å². The van der Waals surface area contributed by atoms with Crippen LogP contribution in [0.5, 0.6) is 0 Å². The van der Waals surface area contributed by atoms with Crippen LogP contribution < -0.4 is 10.2 Å². The van der Waals surface area contributed by atoms with Crippen LogP contribution in [0.2, 0.25) is 5.02 Å². The molecule has 0 aromatic heterocycles. The Morgan fingerprint density at radius 3 is 2.75 bits per heavy atom. The molecule has 3 rings (SSSR count). The van der Waals surface area contributed by atoms with E-state index in [0.717, 1.165) is 29.8 Å². The molecule has 2 amide bonds. The summed E-state index contributed by atoms with van der Waals surface area (Å²) in [5.74, 6) is 0.00305. The molecule has 5 heteroatoms. The number of carbonyl (C=O) groups is 2. The molecular formula is C19H19ClN2O2. The first-order valence-corrected chi connectivity index (χ1v) is 8.36. The fraction of sp³-hybridized carbons (Fsp3) is 0.263. The molecule has 4 nitrogen and oxygen atoms in total. The van der Waals surface area contributed by atoms with Gasteiger partial charge >= 0.3 is 0 Å². The second-order valence-corrected chi connectivity index (χ2v) is 6.37. The lowest BCUT2D eigenvalue weighted by atomic mass is 10.1. The first kappa shape index (κ1) is 16.5. The number of nitrogens with zero attached hydrogens (tertiary/aromatic N) is 1. The summed E-state index contributed by atoms with van der Waals surface area (Å²) in [4.78, 5) is 26.0. The summed E-state index contributed by atoms with van der Waals surface area (Å²) in [6.07, 6.45) is 1.68. The average Bonchev–Trinajstić information content (AvgIpc) is 2.97. The van der Waals surface area contributed by atoms with Crippen molar-refractivity contribution >= 4 is 34.8 Å². The number of halogens is 1. The first-order valence-electron chi connectivity index (χ1n) is 7.99. The second kappa shape index (κ2) is 7.05. The van der Waals surface area contributed by atoms with Crippen LogP contribution >= 0.6 is 11.6 Å². The maximum Gasteiger partial charge on any atom is 0.228 e. The zero-order valence-corrected chi connectivity index (χ0v) is 14.3. The van der Waals surface area contributed by atoms with Crippen molar-refractivity contribution in [2.75, 3.05) is 16.8 Å². The third-order valence-corrected chi connectivity index (χ3v) is 4.53. The van der Waals surface area contributed by atoms with Crippen LogP contribution in [0.15, 0.2) is 42.5 Å². The fourth-order valence-corrected chi connectivity index (χ4v) is 3.10. The van der Waals surface area contributed by atoms with Crippen molar-refractivity contribution in [2.45, 2.75) is 26.2 Å². The Hall–Kier alpha value is -2.33. The molecule has 0 atom stereocenters. The van der Waals surface area contributed by atoms with E-state index >= 15 is 0 Å². The molecule has 2 aromatic carbocycles. The van der Waals surface area contributed by atoms with Gasteiger partial charge in [-0.25, -0.2) is 0 Å². The maximum atomic E-state index is 12.3. The zero-order valence-electron chi connectivity index (χ0n) is 13.5. The van der Waals surface area contributed by atoms with Gasteiger partial charge in [0.1, 0.15) is 0 Å². The summed E-state index contributed by atoms with van der Waals surface area (Å²) in [7, 11) is 0. The van der Waals surface area contributed by atoms with Crippen molar-refractivity contribution < 1.29 is 9.59 Å². The van der Waals surface area contributed by atoms with Crippen LogP contribution in [0.25, 0.3) is 0 Å². The van der Waals surface area contributed by atoms with Gasteiger partial charge in [-0.3, -0.25) is 9.59 Å². The smallest absolute Gasteiger partial charge is 0.228 e. The molecule has 1 saturated heterocycles. The Balaban J connectivity index is 1.74. The van der Waals surface area contributed by atoms with E-state index in [-0.39, 0.29) is 18.2 Å². The maximum absolute atomic E-state index is 12.3. The highest BCUT2D eigenvalue weighted by Crippen LogP contribution is 2.28. The highest BCUT2D eigenvalue weighted by Gasteiger charge is 2.23. The van der Waals surface area contributed by atoms with E-state index in [1.165, 1.54) is 0 Å². The standard InChI is InChI=1S/C19H19ClN2O2/c1-13-8-9-15(12-17(13)22-10-4-7-19(22)24)21-18(23)11-14-5-2-3-6-16(14)20/h2-3,5-6,8-9,12H,4,7,10-11H2,1H3,(H,21,23).